The van der Waals surface area contributed by atoms with Crippen LogP contribution in [0.1, 0.15) is 0 Å². The molecule has 3 nitrogen and oxygen atoms in total. The highest BCUT2D eigenvalue weighted by molar-refractivity contribution is 6.19. The molecule has 63 heavy (non-hydrogen) atoms. The van der Waals surface area contributed by atoms with Gasteiger partial charge in [0, 0.05) is 49.7 Å². The molecule has 0 radical (unpaired) electrons. The first kappa shape index (κ1) is 35.4. The lowest BCUT2D eigenvalue weighted by Gasteiger charge is -2.26. The van der Waals surface area contributed by atoms with E-state index < -0.39 is 0 Å². The number of nitrogens with zero attached hydrogens (tertiary/aromatic N) is 2. The molecule has 0 atom stereocenters. The summed E-state index contributed by atoms with van der Waals surface area (Å²) in [5.41, 5.74) is 13.2. The largest absolute Gasteiger partial charge is 0.455 e. The third-order valence-corrected chi connectivity index (χ3v) is 13.0. The zero-order valence-electron chi connectivity index (χ0n) is 34.2. The zero-order valence-corrected chi connectivity index (χ0v) is 34.2. The summed E-state index contributed by atoms with van der Waals surface area (Å²) in [6, 6.07) is 83.5. The normalized spacial score (nSPS) is 11.8. The van der Waals surface area contributed by atoms with Gasteiger partial charge in [-0.25, -0.2) is 0 Å². The van der Waals surface area contributed by atoms with E-state index in [1.54, 1.807) is 0 Å². The van der Waals surface area contributed by atoms with Gasteiger partial charge in [0.25, 0.3) is 0 Å². The van der Waals surface area contributed by atoms with Crippen molar-refractivity contribution in [3.63, 3.8) is 0 Å². The highest BCUT2D eigenvalue weighted by Crippen LogP contribution is 2.43. The summed E-state index contributed by atoms with van der Waals surface area (Å²) in [5.74, 6) is 0. The van der Waals surface area contributed by atoms with E-state index in [9.17, 15) is 0 Å². The van der Waals surface area contributed by atoms with E-state index in [0.717, 1.165) is 61.2 Å². The summed E-state index contributed by atoms with van der Waals surface area (Å²) < 4.78 is 8.96. The number of anilines is 3. The van der Waals surface area contributed by atoms with Crippen LogP contribution in [-0.4, -0.2) is 4.57 Å². The molecule has 0 spiro atoms. The van der Waals surface area contributed by atoms with Crippen LogP contribution in [0.3, 0.4) is 0 Å². The summed E-state index contributed by atoms with van der Waals surface area (Å²) in [7, 11) is 0. The van der Waals surface area contributed by atoms with Crippen LogP contribution in [0.15, 0.2) is 235 Å². The fourth-order valence-electron chi connectivity index (χ4n) is 10.00. The molecule has 3 heteroatoms. The van der Waals surface area contributed by atoms with Crippen molar-refractivity contribution >= 4 is 93.1 Å². The third-order valence-electron chi connectivity index (χ3n) is 13.0. The second-order valence-electron chi connectivity index (χ2n) is 16.5. The maximum Gasteiger partial charge on any atom is 0.143 e. The Morgan fingerprint density at radius 2 is 0.889 bits per heavy atom. The zero-order chi connectivity index (χ0) is 41.4. The van der Waals surface area contributed by atoms with Crippen LogP contribution < -0.4 is 4.90 Å². The Labute approximate surface area is 363 Å². The van der Waals surface area contributed by atoms with E-state index in [0.29, 0.717) is 0 Å². The molecule has 0 fully saturated rings. The van der Waals surface area contributed by atoms with Gasteiger partial charge in [-0.05, 0) is 122 Å². The van der Waals surface area contributed by atoms with Crippen LogP contribution in [-0.2, 0) is 0 Å². The summed E-state index contributed by atoms with van der Waals surface area (Å²) in [6.07, 6.45) is 0. The highest BCUT2D eigenvalue weighted by Gasteiger charge is 2.19. The van der Waals surface area contributed by atoms with Crippen molar-refractivity contribution in [2.24, 2.45) is 0 Å². The second kappa shape index (κ2) is 14.1. The summed E-state index contributed by atoms with van der Waals surface area (Å²) in [4.78, 5) is 2.37. The van der Waals surface area contributed by atoms with Crippen molar-refractivity contribution < 1.29 is 4.42 Å². The lowest BCUT2D eigenvalue weighted by molar-refractivity contribution is 0.673. The van der Waals surface area contributed by atoms with E-state index >= 15 is 0 Å². The quantitative estimate of drug-likeness (QED) is 0.156. The highest BCUT2D eigenvalue weighted by atomic mass is 16.3. The Morgan fingerprint density at radius 3 is 1.63 bits per heavy atom. The van der Waals surface area contributed by atoms with Gasteiger partial charge < -0.3 is 13.9 Å². The van der Waals surface area contributed by atoms with Crippen molar-refractivity contribution in [1.29, 1.82) is 0 Å². The molecule has 0 aliphatic rings. The molecule has 294 valence electrons. The number of furan rings is 1. The van der Waals surface area contributed by atoms with E-state index in [1.807, 2.05) is 0 Å². The molecule has 0 amide bonds. The van der Waals surface area contributed by atoms with Crippen molar-refractivity contribution in [1.82, 2.24) is 4.57 Å². The summed E-state index contributed by atoms with van der Waals surface area (Å²) in [5, 5.41) is 12.1. The molecule has 13 aromatic rings. The summed E-state index contributed by atoms with van der Waals surface area (Å²) in [6.45, 7) is 0. The molecule has 13 rings (SSSR count). The molecule has 0 aliphatic carbocycles. The first-order valence-corrected chi connectivity index (χ1v) is 21.6. The Morgan fingerprint density at radius 1 is 0.333 bits per heavy atom. The standard InChI is InChI=1S/C60H38N2O/c1-3-15-49-40(11-1)23-24-44-37-43(30-35-50(44)49)39-25-31-45(32-26-39)61(47-13-9-14-48(38-47)62-56-20-7-5-17-53(56)54-18-6-8-21-57(54)62)46-33-27-42(28-34-46)51-19-10-22-58-59(51)55-36-29-41-12-2-4-16-52(41)60(55)63-58/h1-38H. The summed E-state index contributed by atoms with van der Waals surface area (Å²) >= 11 is 0. The fourth-order valence-corrected chi connectivity index (χ4v) is 10.00. The first-order chi connectivity index (χ1) is 31.2. The van der Waals surface area contributed by atoms with Gasteiger partial charge >= 0.3 is 0 Å². The molecular weight excluding hydrogens is 765 g/mol. The van der Waals surface area contributed by atoms with Crippen LogP contribution >= 0.6 is 0 Å². The molecule has 0 saturated heterocycles. The number of fused-ring (bicyclic) bond motifs is 11. The number of aromatic nitrogens is 1. The van der Waals surface area contributed by atoms with Gasteiger partial charge in [0.05, 0.1) is 11.0 Å². The number of benzene rings is 11. The SMILES string of the molecule is c1cc(N(c2ccc(-c3ccc4c(ccc5ccccc54)c3)cc2)c2ccc(-c3cccc4oc5c6ccccc6ccc5c34)cc2)cc(-n2c3ccccc3c3ccccc32)c1. The Bertz CT molecular complexity index is 3860. The van der Waals surface area contributed by atoms with Crippen LogP contribution in [0.4, 0.5) is 17.1 Å². The minimum Gasteiger partial charge on any atom is -0.455 e. The number of para-hydroxylation sites is 2. The molecule has 0 unspecified atom stereocenters. The predicted octanol–water partition coefficient (Wildman–Crippen LogP) is 16.9. The van der Waals surface area contributed by atoms with E-state index in [-0.39, 0.29) is 0 Å². The maximum atomic E-state index is 6.57. The van der Waals surface area contributed by atoms with E-state index in [2.05, 4.69) is 240 Å². The maximum absolute atomic E-state index is 6.57. The second-order valence-corrected chi connectivity index (χ2v) is 16.5. The first-order valence-electron chi connectivity index (χ1n) is 21.6. The molecular formula is C60H38N2O. The van der Waals surface area contributed by atoms with Crippen molar-refractivity contribution in [2.45, 2.75) is 0 Å². The molecule has 0 N–H and O–H groups in total. The average Bonchev–Trinajstić information content (AvgIpc) is 3.91. The molecule has 0 bridgehead atoms. The number of rotatable bonds is 6. The Hall–Kier alpha value is -8.40. The van der Waals surface area contributed by atoms with Crippen molar-refractivity contribution in [3.05, 3.63) is 231 Å². The lowest BCUT2D eigenvalue weighted by atomic mass is 9.97. The lowest BCUT2D eigenvalue weighted by Crippen LogP contribution is -2.10. The van der Waals surface area contributed by atoms with E-state index in [4.69, 9.17) is 4.42 Å². The topological polar surface area (TPSA) is 21.3 Å². The van der Waals surface area contributed by atoms with Gasteiger partial charge in [-0.2, -0.15) is 0 Å². The van der Waals surface area contributed by atoms with Crippen LogP contribution in [0.5, 0.6) is 0 Å². The van der Waals surface area contributed by atoms with Gasteiger partial charge in [0.1, 0.15) is 11.2 Å². The molecule has 0 saturated carbocycles. The Kier molecular flexibility index (Phi) is 7.91. The molecule has 2 heterocycles. The van der Waals surface area contributed by atoms with E-state index in [1.165, 1.54) is 59.9 Å². The minimum atomic E-state index is 0.895. The van der Waals surface area contributed by atoms with Crippen LogP contribution in [0.25, 0.3) is 104 Å². The van der Waals surface area contributed by atoms with Crippen LogP contribution in [0.2, 0.25) is 0 Å². The van der Waals surface area contributed by atoms with Crippen LogP contribution in [0, 0.1) is 0 Å². The average molecular weight is 803 g/mol. The van der Waals surface area contributed by atoms with Crippen molar-refractivity contribution in [2.75, 3.05) is 4.90 Å². The minimum absolute atomic E-state index is 0.895. The monoisotopic (exact) mass is 802 g/mol. The van der Waals surface area contributed by atoms with Gasteiger partial charge in [-0.15, -0.1) is 0 Å². The van der Waals surface area contributed by atoms with Gasteiger partial charge in [-0.1, -0.05) is 158 Å². The Balaban J connectivity index is 0.939. The molecule has 0 aliphatic heterocycles. The van der Waals surface area contributed by atoms with Gasteiger partial charge in [0.2, 0.25) is 0 Å². The fraction of sp³-hybridized carbons (Fsp3) is 0. The third kappa shape index (κ3) is 5.67. The number of hydrogen-bond donors (Lipinski definition) is 0. The van der Waals surface area contributed by atoms with Gasteiger partial charge in [0.15, 0.2) is 0 Å². The van der Waals surface area contributed by atoms with Crippen molar-refractivity contribution in [3.8, 4) is 27.9 Å². The smallest absolute Gasteiger partial charge is 0.143 e. The predicted molar refractivity (Wildman–Crippen MR) is 266 cm³/mol. The molecule has 2 aromatic heterocycles. The number of hydrogen-bond acceptors (Lipinski definition) is 2. The van der Waals surface area contributed by atoms with Gasteiger partial charge in [-0.3, -0.25) is 0 Å². The molecule has 11 aromatic carbocycles.